The third-order valence-electron chi connectivity index (χ3n) is 5.29. The first-order valence-corrected chi connectivity index (χ1v) is 8.64. The van der Waals surface area contributed by atoms with Crippen LogP contribution in [0, 0.1) is 12.3 Å². The summed E-state index contributed by atoms with van der Waals surface area (Å²) in [5, 5.41) is 10.5. The highest BCUT2D eigenvalue weighted by Crippen LogP contribution is 2.44. The number of piperazine rings is 1. The molecule has 3 rings (SSSR count). The molecule has 0 spiro atoms. The molecule has 1 amide bonds. The highest BCUT2D eigenvalue weighted by atomic mass is 16.4. The minimum Gasteiger partial charge on any atom is -0.455 e. The van der Waals surface area contributed by atoms with Crippen LogP contribution in [0.15, 0.2) is 4.42 Å². The lowest BCUT2D eigenvalue weighted by Gasteiger charge is -2.33. The maximum Gasteiger partial charge on any atom is 0.289 e. The Kier molecular flexibility index (Phi) is 4.27. The molecule has 1 atom stereocenters. The van der Waals surface area contributed by atoms with Gasteiger partial charge in [-0.25, -0.2) is 0 Å². The van der Waals surface area contributed by atoms with Gasteiger partial charge in [-0.3, -0.25) is 4.79 Å². The van der Waals surface area contributed by atoms with Crippen LogP contribution in [0.5, 0.6) is 0 Å². The summed E-state index contributed by atoms with van der Waals surface area (Å²) >= 11 is 0. The molecule has 1 aliphatic heterocycles. The summed E-state index contributed by atoms with van der Waals surface area (Å²) in [5.74, 6) is 1.19. The summed E-state index contributed by atoms with van der Waals surface area (Å²) in [6.07, 6.45) is 0.955. The van der Waals surface area contributed by atoms with Gasteiger partial charge in [0.05, 0.1) is 6.10 Å². The third kappa shape index (κ3) is 3.04. The van der Waals surface area contributed by atoms with Crippen LogP contribution < -0.4 is 0 Å². The number of aliphatic hydroxyl groups excluding tert-OH is 1. The molecule has 1 saturated heterocycles. The zero-order chi connectivity index (χ0) is 16.8. The minimum atomic E-state index is -0.531. The van der Waals surface area contributed by atoms with Crippen molar-refractivity contribution < 1.29 is 14.3 Å². The first-order valence-electron chi connectivity index (χ1n) is 8.64. The number of nitrogens with zero attached hydrogens (tertiary/aromatic N) is 2. The van der Waals surface area contributed by atoms with Crippen LogP contribution in [0.25, 0.3) is 0 Å². The molecule has 5 heteroatoms. The fraction of sp³-hybridized carbons (Fsp3) is 0.722. The van der Waals surface area contributed by atoms with Crippen molar-refractivity contribution in [3.05, 3.63) is 22.6 Å². The van der Waals surface area contributed by atoms with Gasteiger partial charge in [0.25, 0.3) is 5.91 Å². The third-order valence-corrected chi connectivity index (χ3v) is 5.29. The summed E-state index contributed by atoms with van der Waals surface area (Å²) < 4.78 is 5.95. The first kappa shape index (κ1) is 16.5. The van der Waals surface area contributed by atoms with E-state index in [1.54, 1.807) is 0 Å². The number of rotatable bonds is 2. The molecule has 0 aromatic carbocycles. The fourth-order valence-corrected chi connectivity index (χ4v) is 3.90. The highest BCUT2D eigenvalue weighted by molar-refractivity contribution is 5.93. The van der Waals surface area contributed by atoms with E-state index in [1.807, 2.05) is 11.8 Å². The molecule has 1 aromatic rings. The van der Waals surface area contributed by atoms with Crippen molar-refractivity contribution in [2.45, 2.75) is 46.6 Å². The van der Waals surface area contributed by atoms with Crippen LogP contribution >= 0.6 is 0 Å². The van der Waals surface area contributed by atoms with E-state index < -0.39 is 6.10 Å². The van der Waals surface area contributed by atoms with Crippen LogP contribution in [0.4, 0.5) is 0 Å². The van der Waals surface area contributed by atoms with Gasteiger partial charge >= 0.3 is 0 Å². The highest BCUT2D eigenvalue weighted by Gasteiger charge is 2.38. The molecule has 1 unspecified atom stereocenters. The van der Waals surface area contributed by atoms with Crippen molar-refractivity contribution in [3.63, 3.8) is 0 Å². The first-order chi connectivity index (χ1) is 10.8. The predicted molar refractivity (Wildman–Crippen MR) is 88.5 cm³/mol. The predicted octanol–water partition coefficient (Wildman–Crippen LogP) is 2.37. The van der Waals surface area contributed by atoms with Crippen LogP contribution in [0.2, 0.25) is 0 Å². The molecule has 5 nitrogen and oxygen atoms in total. The SMILES string of the molecule is CCN1CCN(C(=O)c2oc3c(c2C)C(O)CC(C)(C)C3)CC1. The molecule has 0 radical (unpaired) electrons. The smallest absolute Gasteiger partial charge is 0.289 e. The van der Waals surface area contributed by atoms with Crippen LogP contribution in [-0.4, -0.2) is 53.5 Å². The largest absolute Gasteiger partial charge is 0.455 e. The van der Waals surface area contributed by atoms with Gasteiger partial charge in [0.2, 0.25) is 0 Å². The molecule has 128 valence electrons. The Bertz CT molecular complexity index is 598. The van der Waals surface area contributed by atoms with Gasteiger partial charge in [-0.15, -0.1) is 0 Å². The topological polar surface area (TPSA) is 56.9 Å². The summed E-state index contributed by atoms with van der Waals surface area (Å²) in [6, 6.07) is 0. The van der Waals surface area contributed by atoms with E-state index in [2.05, 4.69) is 25.7 Å². The van der Waals surface area contributed by atoms with Gasteiger partial charge in [0, 0.05) is 43.7 Å². The van der Waals surface area contributed by atoms with Crippen molar-refractivity contribution in [2.75, 3.05) is 32.7 Å². The molecule has 2 heterocycles. The Hall–Kier alpha value is -1.33. The summed E-state index contributed by atoms with van der Waals surface area (Å²) in [4.78, 5) is 17.1. The molecule has 1 aliphatic carbocycles. The lowest BCUT2D eigenvalue weighted by Crippen LogP contribution is -2.48. The van der Waals surface area contributed by atoms with Crippen LogP contribution in [-0.2, 0) is 6.42 Å². The lowest BCUT2D eigenvalue weighted by molar-refractivity contribution is 0.0604. The van der Waals surface area contributed by atoms with E-state index in [1.165, 1.54) is 0 Å². The molecular weight excluding hydrogens is 292 g/mol. The van der Waals surface area contributed by atoms with Gasteiger partial charge in [-0.05, 0) is 25.3 Å². The number of carbonyl (C=O) groups excluding carboxylic acids is 1. The molecule has 1 aromatic heterocycles. The Morgan fingerprint density at radius 1 is 1.30 bits per heavy atom. The van der Waals surface area contributed by atoms with Gasteiger partial charge in [0.1, 0.15) is 5.76 Å². The number of furan rings is 1. The lowest BCUT2D eigenvalue weighted by atomic mass is 9.75. The van der Waals surface area contributed by atoms with Crippen molar-refractivity contribution in [1.82, 2.24) is 9.80 Å². The number of hydrogen-bond donors (Lipinski definition) is 1. The van der Waals surface area contributed by atoms with Gasteiger partial charge in [-0.1, -0.05) is 20.8 Å². The second-order valence-electron chi connectivity index (χ2n) is 7.68. The number of likely N-dealkylation sites (N-methyl/N-ethyl adjacent to an activating group) is 1. The number of carbonyl (C=O) groups is 1. The van der Waals surface area contributed by atoms with E-state index in [0.29, 0.717) is 12.2 Å². The van der Waals surface area contributed by atoms with E-state index >= 15 is 0 Å². The Labute approximate surface area is 138 Å². The normalized spacial score (nSPS) is 24.6. The molecule has 1 N–H and O–H groups in total. The Balaban J connectivity index is 1.83. The Morgan fingerprint density at radius 3 is 2.57 bits per heavy atom. The van der Waals surface area contributed by atoms with E-state index in [0.717, 1.165) is 56.0 Å². The number of amides is 1. The fourth-order valence-electron chi connectivity index (χ4n) is 3.90. The summed E-state index contributed by atoms with van der Waals surface area (Å²) in [6.45, 7) is 12.6. The average Bonchev–Trinajstić information content (AvgIpc) is 2.82. The van der Waals surface area contributed by atoms with Crippen molar-refractivity contribution in [3.8, 4) is 0 Å². The average molecular weight is 320 g/mol. The molecule has 23 heavy (non-hydrogen) atoms. The minimum absolute atomic E-state index is 0.00375. The van der Waals surface area contributed by atoms with Crippen molar-refractivity contribution >= 4 is 5.91 Å². The molecular formula is C18H28N2O3. The quantitative estimate of drug-likeness (QED) is 0.909. The van der Waals surface area contributed by atoms with Gasteiger partial charge in [0.15, 0.2) is 5.76 Å². The number of aliphatic hydroxyl groups is 1. The standard InChI is InChI=1S/C18H28N2O3/c1-5-19-6-8-20(9-7-19)17(22)16-12(2)15-13(21)10-18(3,4)11-14(15)23-16/h13,21H,5-11H2,1-4H3. The van der Waals surface area contributed by atoms with Gasteiger partial charge in [-0.2, -0.15) is 0 Å². The zero-order valence-corrected chi connectivity index (χ0v) is 14.7. The van der Waals surface area contributed by atoms with Crippen LogP contribution in [0.3, 0.4) is 0 Å². The molecule has 2 aliphatic rings. The number of hydrogen-bond acceptors (Lipinski definition) is 4. The van der Waals surface area contributed by atoms with Crippen molar-refractivity contribution in [1.29, 1.82) is 0 Å². The maximum absolute atomic E-state index is 12.8. The van der Waals surface area contributed by atoms with E-state index in [-0.39, 0.29) is 11.3 Å². The molecule has 0 bridgehead atoms. The number of fused-ring (bicyclic) bond motifs is 1. The van der Waals surface area contributed by atoms with Crippen molar-refractivity contribution in [2.24, 2.45) is 5.41 Å². The second kappa shape index (κ2) is 5.95. The maximum atomic E-state index is 12.8. The van der Waals surface area contributed by atoms with E-state index in [9.17, 15) is 9.90 Å². The molecule has 0 saturated carbocycles. The Morgan fingerprint density at radius 2 is 1.96 bits per heavy atom. The van der Waals surface area contributed by atoms with Crippen LogP contribution in [0.1, 0.15) is 60.7 Å². The monoisotopic (exact) mass is 320 g/mol. The summed E-state index contributed by atoms with van der Waals surface area (Å²) in [7, 11) is 0. The zero-order valence-electron chi connectivity index (χ0n) is 14.7. The van der Waals surface area contributed by atoms with Gasteiger partial charge < -0.3 is 19.3 Å². The second-order valence-corrected chi connectivity index (χ2v) is 7.68. The molecule has 1 fully saturated rings. The van der Waals surface area contributed by atoms with E-state index in [4.69, 9.17) is 4.42 Å². The summed E-state index contributed by atoms with van der Waals surface area (Å²) in [5.41, 5.74) is 1.68.